The number of rotatable bonds is 1. The lowest BCUT2D eigenvalue weighted by Crippen LogP contribution is -2.23. The van der Waals surface area contributed by atoms with Crippen LogP contribution in [0.2, 0.25) is 0 Å². The van der Waals surface area contributed by atoms with Crippen LogP contribution in [0.25, 0.3) is 0 Å². The van der Waals surface area contributed by atoms with Gasteiger partial charge in [0.25, 0.3) is 0 Å². The van der Waals surface area contributed by atoms with E-state index in [1.807, 2.05) is 0 Å². The van der Waals surface area contributed by atoms with E-state index >= 15 is 0 Å². The lowest BCUT2D eigenvalue weighted by Gasteiger charge is -2.14. The molecule has 1 aromatic rings. The summed E-state index contributed by atoms with van der Waals surface area (Å²) in [7, 11) is 0. The molecule has 0 aliphatic carbocycles. The molecule has 0 radical (unpaired) electrons. The molecular formula is C11H10F3NO2. The number of nitrogens with one attached hydrogen (secondary N) is 1. The minimum Gasteiger partial charge on any atom is -0.439 e. The summed E-state index contributed by atoms with van der Waals surface area (Å²) in [6.07, 6.45) is -5.44. The van der Waals surface area contributed by atoms with Crippen molar-refractivity contribution in [1.29, 1.82) is 0 Å². The van der Waals surface area contributed by atoms with Gasteiger partial charge in [-0.05, 0) is 24.6 Å². The number of alkyl halides is 3. The summed E-state index contributed by atoms with van der Waals surface area (Å²) in [6, 6.07) is 4.36. The fourth-order valence-electron chi connectivity index (χ4n) is 1.73. The van der Waals surface area contributed by atoms with E-state index < -0.39 is 23.9 Å². The Morgan fingerprint density at radius 3 is 2.24 bits per heavy atom. The third kappa shape index (κ3) is 2.35. The van der Waals surface area contributed by atoms with Gasteiger partial charge in [0.05, 0.1) is 11.6 Å². The molecule has 1 aromatic carbocycles. The third-order valence-electron chi connectivity index (χ3n) is 2.60. The summed E-state index contributed by atoms with van der Waals surface area (Å²) in [5.74, 6) is 0. The zero-order valence-electron chi connectivity index (χ0n) is 8.91. The molecule has 92 valence electrons. The Morgan fingerprint density at radius 2 is 1.82 bits per heavy atom. The Morgan fingerprint density at radius 1 is 1.24 bits per heavy atom. The molecule has 0 spiro atoms. The Bertz CT molecular complexity index is 427. The number of halogens is 3. The fourth-order valence-corrected chi connectivity index (χ4v) is 1.73. The van der Waals surface area contributed by atoms with Crippen molar-refractivity contribution in [3.05, 3.63) is 35.4 Å². The van der Waals surface area contributed by atoms with E-state index in [0.717, 1.165) is 12.1 Å². The Hall–Kier alpha value is -1.72. The van der Waals surface area contributed by atoms with E-state index in [2.05, 4.69) is 5.32 Å². The summed E-state index contributed by atoms with van der Waals surface area (Å²) in [6.45, 7) is 1.73. The Kier molecular flexibility index (Phi) is 2.73. The second-order valence-electron chi connectivity index (χ2n) is 3.88. The molecule has 0 unspecified atom stereocenters. The number of carbonyl (C=O) groups is 1. The summed E-state index contributed by atoms with van der Waals surface area (Å²) in [5.41, 5.74) is -0.171. The van der Waals surface area contributed by atoms with Gasteiger partial charge in [-0.1, -0.05) is 12.1 Å². The van der Waals surface area contributed by atoms with Crippen molar-refractivity contribution in [3.8, 4) is 0 Å². The molecule has 3 nitrogen and oxygen atoms in total. The minimum atomic E-state index is -4.35. The second-order valence-corrected chi connectivity index (χ2v) is 3.88. The molecule has 0 aromatic heterocycles. The van der Waals surface area contributed by atoms with Gasteiger partial charge in [0.1, 0.15) is 6.10 Å². The fraction of sp³-hybridized carbons (Fsp3) is 0.364. The number of ether oxygens (including phenoxy) is 1. The molecule has 0 saturated carbocycles. The van der Waals surface area contributed by atoms with Crippen molar-refractivity contribution in [2.75, 3.05) is 0 Å². The highest BCUT2D eigenvalue weighted by molar-refractivity contribution is 5.70. The molecule has 1 N–H and O–H groups in total. The van der Waals surface area contributed by atoms with Crippen LogP contribution in [0, 0.1) is 0 Å². The zero-order chi connectivity index (χ0) is 12.6. The van der Waals surface area contributed by atoms with Crippen molar-refractivity contribution in [3.63, 3.8) is 0 Å². The Balaban J connectivity index is 2.21. The van der Waals surface area contributed by atoms with Crippen LogP contribution in [-0.4, -0.2) is 12.1 Å². The highest BCUT2D eigenvalue weighted by Crippen LogP contribution is 2.32. The molecule has 1 saturated heterocycles. The zero-order valence-corrected chi connectivity index (χ0v) is 8.91. The molecular weight excluding hydrogens is 235 g/mol. The highest BCUT2D eigenvalue weighted by Gasteiger charge is 2.33. The van der Waals surface area contributed by atoms with Crippen LogP contribution >= 0.6 is 0 Å². The van der Waals surface area contributed by atoms with Crippen LogP contribution in [0.3, 0.4) is 0 Å². The van der Waals surface area contributed by atoms with E-state index in [9.17, 15) is 18.0 Å². The van der Waals surface area contributed by atoms with Gasteiger partial charge in [-0.3, -0.25) is 0 Å². The molecule has 6 heteroatoms. The van der Waals surface area contributed by atoms with Crippen LogP contribution in [0.1, 0.15) is 24.2 Å². The van der Waals surface area contributed by atoms with Gasteiger partial charge in [0.2, 0.25) is 0 Å². The first-order chi connectivity index (χ1) is 7.88. The molecule has 2 atom stereocenters. The SMILES string of the molecule is C[C@@H]1NC(=O)O[C@@H]1c1ccc(C(F)(F)F)cc1. The summed E-state index contributed by atoms with van der Waals surface area (Å²) >= 11 is 0. The average molecular weight is 245 g/mol. The topological polar surface area (TPSA) is 38.3 Å². The van der Waals surface area contributed by atoms with Crippen molar-refractivity contribution in [2.24, 2.45) is 0 Å². The molecule has 1 aliphatic rings. The van der Waals surface area contributed by atoms with Crippen molar-refractivity contribution < 1.29 is 22.7 Å². The van der Waals surface area contributed by atoms with Crippen molar-refractivity contribution in [1.82, 2.24) is 5.32 Å². The predicted octanol–water partition coefficient (Wildman–Crippen LogP) is 2.87. The molecule has 1 heterocycles. The summed E-state index contributed by atoms with van der Waals surface area (Å²) < 4.78 is 42.0. The lowest BCUT2D eigenvalue weighted by atomic mass is 10.0. The standard InChI is InChI=1S/C11H10F3NO2/c1-6-9(17-10(16)15-6)7-2-4-8(5-3-7)11(12,13)14/h2-6,9H,1H3,(H,15,16)/t6-,9-/m0/s1. The number of alkyl carbamates (subject to hydrolysis) is 1. The molecule has 17 heavy (non-hydrogen) atoms. The average Bonchev–Trinajstić information content (AvgIpc) is 2.57. The first-order valence-electron chi connectivity index (χ1n) is 5.02. The van der Waals surface area contributed by atoms with Crippen molar-refractivity contribution in [2.45, 2.75) is 25.2 Å². The molecule has 2 rings (SSSR count). The maximum atomic E-state index is 12.3. The molecule has 1 amide bonds. The highest BCUT2D eigenvalue weighted by atomic mass is 19.4. The Labute approximate surface area is 95.6 Å². The van der Waals surface area contributed by atoms with Crippen LogP contribution < -0.4 is 5.32 Å². The van der Waals surface area contributed by atoms with Gasteiger partial charge < -0.3 is 10.1 Å². The molecule has 1 aliphatic heterocycles. The first-order valence-corrected chi connectivity index (χ1v) is 5.02. The predicted molar refractivity (Wildman–Crippen MR) is 53.3 cm³/mol. The van der Waals surface area contributed by atoms with Gasteiger partial charge in [0.15, 0.2) is 0 Å². The smallest absolute Gasteiger partial charge is 0.416 e. The quantitative estimate of drug-likeness (QED) is 0.826. The van der Waals surface area contributed by atoms with E-state index in [4.69, 9.17) is 4.74 Å². The summed E-state index contributed by atoms with van der Waals surface area (Å²) in [4.78, 5) is 11.0. The van der Waals surface area contributed by atoms with Gasteiger partial charge >= 0.3 is 12.3 Å². The van der Waals surface area contributed by atoms with Gasteiger partial charge in [-0.15, -0.1) is 0 Å². The normalized spacial score (nSPS) is 24.4. The molecule has 0 bridgehead atoms. The maximum absolute atomic E-state index is 12.3. The number of amides is 1. The van der Waals surface area contributed by atoms with Crippen LogP contribution in [0.5, 0.6) is 0 Å². The number of benzene rings is 1. The number of carbonyl (C=O) groups excluding carboxylic acids is 1. The lowest BCUT2D eigenvalue weighted by molar-refractivity contribution is -0.137. The number of cyclic esters (lactones) is 1. The largest absolute Gasteiger partial charge is 0.439 e. The van der Waals surface area contributed by atoms with Crippen LogP contribution in [0.15, 0.2) is 24.3 Å². The van der Waals surface area contributed by atoms with Crippen LogP contribution in [0.4, 0.5) is 18.0 Å². The van der Waals surface area contributed by atoms with Gasteiger partial charge in [-0.2, -0.15) is 13.2 Å². The minimum absolute atomic E-state index is 0.251. The summed E-state index contributed by atoms with van der Waals surface area (Å²) in [5, 5.41) is 2.53. The number of hydrogen-bond donors (Lipinski definition) is 1. The van der Waals surface area contributed by atoms with E-state index in [1.165, 1.54) is 12.1 Å². The van der Waals surface area contributed by atoms with E-state index in [0.29, 0.717) is 5.56 Å². The third-order valence-corrected chi connectivity index (χ3v) is 2.60. The van der Waals surface area contributed by atoms with Gasteiger partial charge in [0, 0.05) is 0 Å². The van der Waals surface area contributed by atoms with E-state index in [1.54, 1.807) is 6.92 Å². The van der Waals surface area contributed by atoms with Crippen molar-refractivity contribution >= 4 is 6.09 Å². The van der Waals surface area contributed by atoms with Crippen LogP contribution in [-0.2, 0) is 10.9 Å². The van der Waals surface area contributed by atoms with E-state index in [-0.39, 0.29) is 6.04 Å². The number of hydrogen-bond acceptors (Lipinski definition) is 2. The first kappa shape index (κ1) is 11.8. The second kappa shape index (κ2) is 3.94. The molecule has 1 fully saturated rings. The monoisotopic (exact) mass is 245 g/mol. The maximum Gasteiger partial charge on any atom is 0.416 e. The van der Waals surface area contributed by atoms with Gasteiger partial charge in [-0.25, -0.2) is 4.79 Å².